The second-order valence-electron chi connectivity index (χ2n) is 6.73. The molecule has 9 heteroatoms. The Bertz CT molecular complexity index is 771. The Hall–Kier alpha value is -1.25. The number of hydrogen-bond acceptors (Lipinski definition) is 3. The molecule has 0 saturated heterocycles. The van der Waals surface area contributed by atoms with Crippen LogP contribution in [0.25, 0.3) is 0 Å². The molecule has 2 aromatic rings. The van der Waals surface area contributed by atoms with Crippen molar-refractivity contribution in [3.05, 3.63) is 63.6 Å². The van der Waals surface area contributed by atoms with Crippen LogP contribution in [-0.4, -0.2) is 28.4 Å². The van der Waals surface area contributed by atoms with Crippen molar-refractivity contribution in [1.82, 2.24) is 0 Å². The molecule has 0 radical (unpaired) electrons. The minimum Gasteiger partial charge on any atom is -0.489 e. The van der Waals surface area contributed by atoms with Crippen LogP contribution < -0.4 is 4.74 Å². The molecule has 0 fully saturated rings. The molecule has 2 rings (SSSR count). The van der Waals surface area contributed by atoms with Crippen LogP contribution in [0, 0.1) is 0 Å². The minimum atomic E-state index is -4.38. The van der Waals surface area contributed by atoms with Crippen LogP contribution in [0.4, 0.5) is 13.2 Å². The summed E-state index contributed by atoms with van der Waals surface area (Å²) in [5.74, 6) is 0.584. The van der Waals surface area contributed by atoms with Crippen molar-refractivity contribution in [1.29, 1.82) is 0 Å². The summed E-state index contributed by atoms with van der Waals surface area (Å²) in [6.07, 6.45) is -4.73. The molecule has 0 aliphatic carbocycles. The molecule has 1 unspecified atom stereocenters. The van der Waals surface area contributed by atoms with E-state index in [4.69, 9.17) is 37.1 Å². The van der Waals surface area contributed by atoms with Crippen LogP contribution in [-0.2, 0) is 15.8 Å². The zero-order valence-corrected chi connectivity index (χ0v) is 18.8. The van der Waals surface area contributed by atoms with Gasteiger partial charge in [-0.1, -0.05) is 41.4 Å². The van der Waals surface area contributed by atoms with Crippen molar-refractivity contribution >= 4 is 32.2 Å². The SMILES string of the molecule is C[SiH](C)OCCC(OCC(F)(F)F)c1ccc(OCc2ccc(Cl)c(Cl)c2)cc1. The Labute approximate surface area is 180 Å². The summed E-state index contributed by atoms with van der Waals surface area (Å²) in [6.45, 7) is 3.36. The van der Waals surface area contributed by atoms with Gasteiger partial charge < -0.3 is 13.9 Å². The van der Waals surface area contributed by atoms with Gasteiger partial charge in [0.1, 0.15) is 19.0 Å². The molecule has 2 aromatic carbocycles. The monoisotopic (exact) mass is 466 g/mol. The van der Waals surface area contributed by atoms with Crippen LogP contribution in [0.5, 0.6) is 5.75 Å². The summed E-state index contributed by atoms with van der Waals surface area (Å²) in [5, 5.41) is 0.910. The van der Waals surface area contributed by atoms with Gasteiger partial charge in [0.05, 0.1) is 16.1 Å². The first-order valence-electron chi connectivity index (χ1n) is 9.10. The highest BCUT2D eigenvalue weighted by Gasteiger charge is 2.29. The maximum atomic E-state index is 12.6. The quantitative estimate of drug-likeness (QED) is 0.370. The topological polar surface area (TPSA) is 27.7 Å². The van der Waals surface area contributed by atoms with Crippen molar-refractivity contribution in [2.75, 3.05) is 13.2 Å². The lowest BCUT2D eigenvalue weighted by atomic mass is 10.1. The number of halogens is 5. The molecule has 1 atom stereocenters. The molecule has 0 saturated carbocycles. The summed E-state index contributed by atoms with van der Waals surface area (Å²) in [5.41, 5.74) is 1.50. The van der Waals surface area contributed by atoms with Crippen LogP contribution in [0.15, 0.2) is 42.5 Å². The van der Waals surface area contributed by atoms with E-state index in [1.807, 2.05) is 19.2 Å². The molecule has 0 aliphatic rings. The van der Waals surface area contributed by atoms with Gasteiger partial charge in [0, 0.05) is 6.61 Å². The van der Waals surface area contributed by atoms with E-state index in [2.05, 4.69) is 0 Å². The Kier molecular flexibility index (Phi) is 9.30. The summed E-state index contributed by atoms with van der Waals surface area (Å²) in [6, 6.07) is 12.0. The number of hydrogen-bond donors (Lipinski definition) is 0. The van der Waals surface area contributed by atoms with Gasteiger partial charge >= 0.3 is 6.18 Å². The smallest absolute Gasteiger partial charge is 0.411 e. The van der Waals surface area contributed by atoms with E-state index in [-0.39, 0.29) is 6.61 Å². The average molecular weight is 467 g/mol. The second kappa shape index (κ2) is 11.2. The maximum absolute atomic E-state index is 12.6. The molecule has 160 valence electrons. The highest BCUT2D eigenvalue weighted by molar-refractivity contribution is 6.48. The van der Waals surface area contributed by atoms with Crippen molar-refractivity contribution in [3.63, 3.8) is 0 Å². The summed E-state index contributed by atoms with van der Waals surface area (Å²) in [4.78, 5) is 0. The lowest BCUT2D eigenvalue weighted by molar-refractivity contribution is -0.187. The fourth-order valence-electron chi connectivity index (χ4n) is 2.53. The van der Waals surface area contributed by atoms with Crippen LogP contribution in [0.3, 0.4) is 0 Å². The normalized spacial score (nSPS) is 13.0. The standard InChI is InChI=1S/C20H23Cl2F3O3Si/c1-29(2)28-10-9-19(27-13-20(23,24)25)15-4-6-16(7-5-15)26-12-14-3-8-17(21)18(22)11-14/h3-8,11,19,29H,9-10,12-13H2,1-2H3. The Morgan fingerprint density at radius 1 is 1.00 bits per heavy atom. The Morgan fingerprint density at radius 3 is 2.28 bits per heavy atom. The summed E-state index contributed by atoms with van der Waals surface area (Å²) >= 11 is 11.9. The molecule has 0 N–H and O–H groups in total. The van der Waals surface area contributed by atoms with Gasteiger partial charge in [-0.15, -0.1) is 0 Å². The van der Waals surface area contributed by atoms with E-state index in [0.29, 0.717) is 34.4 Å². The van der Waals surface area contributed by atoms with Gasteiger partial charge in [-0.25, -0.2) is 0 Å². The van der Waals surface area contributed by atoms with E-state index in [9.17, 15) is 13.2 Å². The molecule has 0 spiro atoms. The van der Waals surface area contributed by atoms with Crippen molar-refractivity contribution < 1.29 is 27.1 Å². The molecular formula is C20H23Cl2F3O3Si. The largest absolute Gasteiger partial charge is 0.489 e. The predicted molar refractivity (Wildman–Crippen MR) is 111 cm³/mol. The zero-order chi connectivity index (χ0) is 21.4. The first kappa shape index (κ1) is 24.0. The summed E-state index contributed by atoms with van der Waals surface area (Å²) < 4.78 is 54.1. The van der Waals surface area contributed by atoms with Gasteiger partial charge in [0.2, 0.25) is 0 Å². The van der Waals surface area contributed by atoms with Crippen LogP contribution in [0.2, 0.25) is 23.1 Å². The van der Waals surface area contributed by atoms with Gasteiger partial charge in [-0.05, 0) is 54.9 Å². The van der Waals surface area contributed by atoms with E-state index in [1.54, 1.807) is 36.4 Å². The molecule has 0 aromatic heterocycles. The Morgan fingerprint density at radius 2 is 1.69 bits per heavy atom. The first-order chi connectivity index (χ1) is 13.6. The lowest BCUT2D eigenvalue weighted by Gasteiger charge is -2.20. The minimum absolute atomic E-state index is 0.289. The van der Waals surface area contributed by atoms with Crippen molar-refractivity contribution in [2.45, 2.75) is 38.4 Å². The third-order valence-corrected chi connectivity index (χ3v) is 5.56. The highest BCUT2D eigenvalue weighted by Crippen LogP contribution is 2.28. The third-order valence-electron chi connectivity index (χ3n) is 3.92. The molecule has 0 bridgehead atoms. The number of benzene rings is 2. The second-order valence-corrected chi connectivity index (χ2v) is 9.97. The number of ether oxygens (including phenoxy) is 2. The molecule has 29 heavy (non-hydrogen) atoms. The number of alkyl halides is 3. The molecule has 0 aliphatic heterocycles. The first-order valence-corrected chi connectivity index (χ1v) is 12.6. The molecule has 0 amide bonds. The molecule has 3 nitrogen and oxygen atoms in total. The van der Waals surface area contributed by atoms with Crippen molar-refractivity contribution in [3.8, 4) is 5.75 Å². The van der Waals surface area contributed by atoms with Gasteiger partial charge in [-0.2, -0.15) is 13.2 Å². The van der Waals surface area contributed by atoms with Crippen molar-refractivity contribution in [2.24, 2.45) is 0 Å². The van der Waals surface area contributed by atoms with E-state index in [0.717, 1.165) is 5.56 Å². The Balaban J connectivity index is 1.99. The fourth-order valence-corrected chi connectivity index (χ4v) is 3.46. The van der Waals surface area contributed by atoms with E-state index in [1.165, 1.54) is 0 Å². The number of rotatable bonds is 10. The molecular weight excluding hydrogens is 444 g/mol. The van der Waals surface area contributed by atoms with E-state index >= 15 is 0 Å². The van der Waals surface area contributed by atoms with Gasteiger partial charge in [-0.3, -0.25) is 0 Å². The third kappa shape index (κ3) is 8.96. The average Bonchev–Trinajstić information content (AvgIpc) is 2.65. The van der Waals surface area contributed by atoms with Gasteiger partial charge in [0.25, 0.3) is 0 Å². The highest BCUT2D eigenvalue weighted by atomic mass is 35.5. The molecule has 0 heterocycles. The predicted octanol–water partition coefficient (Wildman–Crippen LogP) is 6.58. The lowest BCUT2D eigenvalue weighted by Crippen LogP contribution is -2.21. The zero-order valence-electron chi connectivity index (χ0n) is 16.1. The summed E-state index contributed by atoms with van der Waals surface area (Å²) in [7, 11) is -1.25. The van der Waals surface area contributed by atoms with E-state index < -0.39 is 27.9 Å². The van der Waals surface area contributed by atoms with Crippen LogP contribution >= 0.6 is 23.2 Å². The van der Waals surface area contributed by atoms with Crippen LogP contribution in [0.1, 0.15) is 23.7 Å². The fraction of sp³-hybridized carbons (Fsp3) is 0.400. The van der Waals surface area contributed by atoms with Gasteiger partial charge in [0.15, 0.2) is 9.04 Å². The maximum Gasteiger partial charge on any atom is 0.411 e.